The van der Waals surface area contributed by atoms with Crippen molar-refractivity contribution in [1.82, 2.24) is 4.90 Å². The number of benzene rings is 1. The Morgan fingerprint density at radius 3 is 3.00 bits per heavy atom. The molecule has 104 valence electrons. The smallest absolute Gasteiger partial charge is 0.191 e. The Balaban J connectivity index is 1.86. The molecule has 2 rings (SSSR count). The van der Waals surface area contributed by atoms with Crippen LogP contribution in [0.4, 0.5) is 0 Å². The molecular formula is C15H22ClN3. The molecule has 1 unspecified atom stereocenters. The van der Waals surface area contributed by atoms with Crippen molar-refractivity contribution in [1.29, 1.82) is 0 Å². The van der Waals surface area contributed by atoms with Gasteiger partial charge < -0.3 is 10.6 Å². The second-order valence-electron chi connectivity index (χ2n) is 5.27. The summed E-state index contributed by atoms with van der Waals surface area (Å²) in [5.41, 5.74) is 7.19. The summed E-state index contributed by atoms with van der Waals surface area (Å²) in [4.78, 5) is 6.68. The quantitative estimate of drug-likeness (QED) is 0.683. The summed E-state index contributed by atoms with van der Waals surface area (Å²) < 4.78 is 0. The zero-order chi connectivity index (χ0) is 13.7. The lowest BCUT2D eigenvalue weighted by molar-refractivity contribution is 0.270. The maximum Gasteiger partial charge on any atom is 0.191 e. The monoisotopic (exact) mass is 279 g/mol. The van der Waals surface area contributed by atoms with E-state index in [-0.39, 0.29) is 0 Å². The van der Waals surface area contributed by atoms with E-state index in [1.807, 2.05) is 24.3 Å². The molecule has 0 bridgehead atoms. The molecule has 1 aliphatic rings. The van der Waals surface area contributed by atoms with E-state index < -0.39 is 0 Å². The van der Waals surface area contributed by atoms with Crippen molar-refractivity contribution in [2.24, 2.45) is 16.6 Å². The average Bonchev–Trinajstić information content (AvgIpc) is 2.41. The van der Waals surface area contributed by atoms with Crippen LogP contribution in [0.25, 0.3) is 0 Å². The summed E-state index contributed by atoms with van der Waals surface area (Å²) in [7, 11) is 0. The molecule has 0 aliphatic carbocycles. The predicted molar refractivity (Wildman–Crippen MR) is 81.6 cm³/mol. The first-order chi connectivity index (χ1) is 9.16. The third-order valence-electron chi connectivity index (χ3n) is 3.59. The predicted octanol–water partition coefficient (Wildman–Crippen LogP) is 2.93. The van der Waals surface area contributed by atoms with Crippen molar-refractivity contribution in [3.63, 3.8) is 0 Å². The van der Waals surface area contributed by atoms with Gasteiger partial charge in [0.25, 0.3) is 0 Å². The fourth-order valence-electron chi connectivity index (χ4n) is 2.49. The molecule has 1 atom stereocenters. The first-order valence-electron chi connectivity index (χ1n) is 6.95. The van der Waals surface area contributed by atoms with E-state index in [9.17, 15) is 0 Å². The first-order valence-corrected chi connectivity index (χ1v) is 7.33. The third kappa shape index (κ3) is 4.13. The van der Waals surface area contributed by atoms with Gasteiger partial charge in [-0.2, -0.15) is 0 Å². The number of rotatable bonds is 3. The van der Waals surface area contributed by atoms with Crippen molar-refractivity contribution in [2.75, 3.05) is 19.6 Å². The first kappa shape index (κ1) is 14.2. The zero-order valence-corrected chi connectivity index (χ0v) is 12.2. The second kappa shape index (κ2) is 6.80. The molecule has 2 N–H and O–H groups in total. The van der Waals surface area contributed by atoms with Gasteiger partial charge in [-0.05, 0) is 36.8 Å². The van der Waals surface area contributed by atoms with Gasteiger partial charge in [0.2, 0.25) is 0 Å². The van der Waals surface area contributed by atoms with Crippen LogP contribution in [0.2, 0.25) is 5.02 Å². The van der Waals surface area contributed by atoms with Crippen LogP contribution in [0, 0.1) is 5.92 Å². The zero-order valence-electron chi connectivity index (χ0n) is 11.5. The van der Waals surface area contributed by atoms with Gasteiger partial charge in [-0.25, -0.2) is 0 Å². The van der Waals surface area contributed by atoms with Crippen LogP contribution in [-0.2, 0) is 6.42 Å². The van der Waals surface area contributed by atoms with Crippen LogP contribution >= 0.6 is 11.6 Å². The highest BCUT2D eigenvalue weighted by molar-refractivity contribution is 6.31. The molecule has 1 aromatic carbocycles. The number of hydrogen-bond acceptors (Lipinski definition) is 1. The normalized spacial score (nSPS) is 20.6. The van der Waals surface area contributed by atoms with Crippen molar-refractivity contribution >= 4 is 17.6 Å². The molecule has 1 saturated heterocycles. The summed E-state index contributed by atoms with van der Waals surface area (Å²) in [6.45, 7) is 5.02. The van der Waals surface area contributed by atoms with E-state index in [0.29, 0.717) is 18.4 Å². The Bertz CT molecular complexity index is 445. The Labute approximate surface area is 120 Å². The molecule has 4 heteroatoms. The number of hydrogen-bond donors (Lipinski definition) is 1. The summed E-state index contributed by atoms with van der Waals surface area (Å²) in [5, 5.41) is 0.808. The lowest BCUT2D eigenvalue weighted by atomic mass is 10.0. The van der Waals surface area contributed by atoms with Gasteiger partial charge >= 0.3 is 0 Å². The Kier molecular flexibility index (Phi) is 5.08. The van der Waals surface area contributed by atoms with Crippen LogP contribution < -0.4 is 5.73 Å². The maximum absolute atomic E-state index is 6.12. The van der Waals surface area contributed by atoms with E-state index in [0.717, 1.165) is 30.1 Å². The second-order valence-corrected chi connectivity index (χ2v) is 5.68. The van der Waals surface area contributed by atoms with Crippen molar-refractivity contribution in [3.8, 4) is 0 Å². The standard InChI is InChI=1S/C15H22ClN3/c1-12-5-4-10-19(11-12)15(17)18-9-8-13-6-2-3-7-14(13)16/h2-3,6-7,12H,4-5,8-11H2,1H3,(H2,17,18). The number of likely N-dealkylation sites (tertiary alicyclic amines) is 1. The fourth-order valence-corrected chi connectivity index (χ4v) is 2.72. The van der Waals surface area contributed by atoms with Gasteiger partial charge in [0.15, 0.2) is 5.96 Å². The maximum atomic E-state index is 6.12. The Morgan fingerprint density at radius 1 is 1.47 bits per heavy atom. The Hall–Kier alpha value is -1.22. The van der Waals surface area contributed by atoms with Crippen molar-refractivity contribution < 1.29 is 0 Å². The van der Waals surface area contributed by atoms with Gasteiger partial charge in [-0.15, -0.1) is 0 Å². The number of guanidine groups is 1. The lowest BCUT2D eigenvalue weighted by Crippen LogP contribution is -2.43. The SMILES string of the molecule is CC1CCCN(C(N)=NCCc2ccccc2Cl)C1. The average molecular weight is 280 g/mol. The molecule has 1 aromatic rings. The molecule has 1 fully saturated rings. The molecule has 3 nitrogen and oxygen atoms in total. The number of nitrogens with two attached hydrogens (primary N) is 1. The molecule has 0 spiro atoms. The number of piperidine rings is 1. The van der Waals surface area contributed by atoms with E-state index in [1.54, 1.807) is 0 Å². The van der Waals surface area contributed by atoms with Crippen LogP contribution in [0.15, 0.2) is 29.3 Å². The highest BCUT2D eigenvalue weighted by Crippen LogP contribution is 2.16. The van der Waals surface area contributed by atoms with Crippen molar-refractivity contribution in [3.05, 3.63) is 34.9 Å². The summed E-state index contributed by atoms with van der Waals surface area (Å²) in [5.74, 6) is 1.39. The van der Waals surface area contributed by atoms with Gasteiger partial charge in [0.1, 0.15) is 0 Å². The number of nitrogens with zero attached hydrogens (tertiary/aromatic N) is 2. The molecule has 0 aromatic heterocycles. The van der Waals surface area contributed by atoms with E-state index >= 15 is 0 Å². The largest absolute Gasteiger partial charge is 0.370 e. The van der Waals surface area contributed by atoms with Gasteiger partial charge in [-0.3, -0.25) is 4.99 Å². The highest BCUT2D eigenvalue weighted by atomic mass is 35.5. The van der Waals surface area contributed by atoms with Crippen LogP contribution in [0.1, 0.15) is 25.3 Å². The molecule has 0 amide bonds. The molecule has 0 radical (unpaired) electrons. The van der Waals surface area contributed by atoms with E-state index in [4.69, 9.17) is 17.3 Å². The molecule has 1 aliphatic heterocycles. The Morgan fingerprint density at radius 2 is 2.26 bits per heavy atom. The summed E-state index contributed by atoms with van der Waals surface area (Å²) in [6, 6.07) is 7.90. The summed E-state index contributed by atoms with van der Waals surface area (Å²) >= 11 is 6.12. The molecular weight excluding hydrogens is 258 g/mol. The summed E-state index contributed by atoms with van der Waals surface area (Å²) in [6.07, 6.45) is 3.34. The highest BCUT2D eigenvalue weighted by Gasteiger charge is 2.17. The van der Waals surface area contributed by atoms with Crippen LogP contribution in [-0.4, -0.2) is 30.5 Å². The minimum absolute atomic E-state index is 0.679. The number of aliphatic imine (C=N–C) groups is 1. The van der Waals surface area contributed by atoms with Gasteiger partial charge in [0.05, 0.1) is 0 Å². The topological polar surface area (TPSA) is 41.6 Å². The number of halogens is 1. The fraction of sp³-hybridized carbons (Fsp3) is 0.533. The molecule has 19 heavy (non-hydrogen) atoms. The van der Waals surface area contributed by atoms with Crippen LogP contribution in [0.5, 0.6) is 0 Å². The van der Waals surface area contributed by atoms with Crippen molar-refractivity contribution in [2.45, 2.75) is 26.2 Å². The molecule has 0 saturated carbocycles. The minimum atomic E-state index is 0.679. The van der Waals surface area contributed by atoms with E-state index in [2.05, 4.69) is 16.8 Å². The lowest BCUT2D eigenvalue weighted by Gasteiger charge is -2.31. The van der Waals surface area contributed by atoms with Crippen LogP contribution in [0.3, 0.4) is 0 Å². The van der Waals surface area contributed by atoms with Gasteiger partial charge in [0, 0.05) is 24.7 Å². The van der Waals surface area contributed by atoms with Gasteiger partial charge in [-0.1, -0.05) is 36.7 Å². The third-order valence-corrected chi connectivity index (χ3v) is 3.96. The minimum Gasteiger partial charge on any atom is -0.370 e. The van der Waals surface area contributed by atoms with E-state index in [1.165, 1.54) is 12.8 Å². The molecule has 1 heterocycles.